The average molecular weight is 330 g/mol. The van der Waals surface area contributed by atoms with Crippen LogP contribution >= 0.6 is 11.3 Å². The molecule has 23 heavy (non-hydrogen) atoms. The van der Waals surface area contributed by atoms with Crippen LogP contribution in [0.4, 0.5) is 5.13 Å². The Balaban J connectivity index is 1.65. The summed E-state index contributed by atoms with van der Waals surface area (Å²) in [5, 5.41) is 5.42. The number of nitrogens with one attached hydrogen (secondary N) is 1. The third kappa shape index (κ3) is 3.96. The molecule has 1 aromatic carbocycles. The van der Waals surface area contributed by atoms with Crippen molar-refractivity contribution in [1.29, 1.82) is 0 Å². The van der Waals surface area contributed by atoms with Crippen molar-refractivity contribution >= 4 is 22.4 Å². The maximum Gasteiger partial charge on any atom is 0.223 e. The molecule has 2 heterocycles. The number of carbonyl (C=O) groups is 1. The van der Waals surface area contributed by atoms with Crippen LogP contribution in [0.3, 0.4) is 0 Å². The first-order valence-electron chi connectivity index (χ1n) is 7.85. The van der Waals surface area contributed by atoms with Crippen molar-refractivity contribution < 1.29 is 4.79 Å². The number of rotatable bonds is 5. The Morgan fingerprint density at radius 3 is 2.87 bits per heavy atom. The standard InChI is InChI=1S/C17H22N4OS/c1-12(22)19-17-20-15(11-23-17)9-21-8-14(7-18)16(10-21)13-5-3-2-4-6-13/h2-6,11,14,16H,7-10,18H2,1H3,(H,19,20,22)/t14-,16+/m1/s1. The summed E-state index contributed by atoms with van der Waals surface area (Å²) in [5.41, 5.74) is 8.35. The van der Waals surface area contributed by atoms with Crippen LogP contribution in [0, 0.1) is 5.92 Å². The summed E-state index contributed by atoms with van der Waals surface area (Å²) in [6, 6.07) is 10.6. The molecule has 1 amide bonds. The third-order valence-electron chi connectivity index (χ3n) is 4.27. The molecule has 1 saturated heterocycles. The molecule has 0 spiro atoms. The van der Waals surface area contributed by atoms with E-state index in [1.54, 1.807) is 0 Å². The third-order valence-corrected chi connectivity index (χ3v) is 5.07. The molecular formula is C17H22N4OS. The van der Waals surface area contributed by atoms with Crippen LogP contribution in [0.5, 0.6) is 0 Å². The molecule has 0 unspecified atom stereocenters. The quantitative estimate of drug-likeness (QED) is 0.882. The van der Waals surface area contributed by atoms with Gasteiger partial charge in [0.15, 0.2) is 5.13 Å². The Morgan fingerprint density at radius 1 is 1.39 bits per heavy atom. The van der Waals surface area contributed by atoms with Gasteiger partial charge in [0.2, 0.25) is 5.91 Å². The van der Waals surface area contributed by atoms with Gasteiger partial charge < -0.3 is 11.1 Å². The number of carbonyl (C=O) groups excluding carboxylic acids is 1. The van der Waals surface area contributed by atoms with Crippen molar-refractivity contribution in [2.24, 2.45) is 11.7 Å². The lowest BCUT2D eigenvalue weighted by molar-refractivity contribution is -0.114. The Kier molecular flexibility index (Phi) is 5.05. The van der Waals surface area contributed by atoms with Crippen molar-refractivity contribution in [1.82, 2.24) is 9.88 Å². The lowest BCUT2D eigenvalue weighted by Gasteiger charge is -2.16. The molecule has 0 radical (unpaired) electrons. The number of benzene rings is 1. The fourth-order valence-electron chi connectivity index (χ4n) is 3.22. The van der Waals surface area contributed by atoms with Crippen LogP contribution in [0.15, 0.2) is 35.7 Å². The number of anilines is 1. The lowest BCUT2D eigenvalue weighted by atomic mass is 9.89. The van der Waals surface area contributed by atoms with Crippen LogP contribution in [-0.2, 0) is 11.3 Å². The largest absolute Gasteiger partial charge is 0.330 e. The van der Waals surface area contributed by atoms with E-state index in [4.69, 9.17) is 5.73 Å². The first kappa shape index (κ1) is 16.1. The number of nitrogens with zero attached hydrogens (tertiary/aromatic N) is 2. The molecule has 5 nitrogen and oxygen atoms in total. The minimum atomic E-state index is -0.0839. The number of nitrogens with two attached hydrogens (primary N) is 1. The summed E-state index contributed by atoms with van der Waals surface area (Å²) < 4.78 is 0. The predicted octanol–water partition coefficient (Wildman–Crippen LogP) is 2.28. The SMILES string of the molecule is CC(=O)Nc1nc(CN2C[C@@H](CN)[C@H](c3ccccc3)C2)cs1. The second-order valence-corrected chi connectivity index (χ2v) is 6.89. The van der Waals surface area contributed by atoms with Gasteiger partial charge in [-0.1, -0.05) is 30.3 Å². The summed E-state index contributed by atoms with van der Waals surface area (Å²) in [7, 11) is 0. The molecule has 2 aromatic rings. The maximum absolute atomic E-state index is 11.1. The second kappa shape index (κ2) is 7.21. The number of hydrogen-bond acceptors (Lipinski definition) is 5. The van der Waals surface area contributed by atoms with Gasteiger partial charge in [-0.25, -0.2) is 4.98 Å². The van der Waals surface area contributed by atoms with Gasteiger partial charge in [-0.2, -0.15) is 0 Å². The zero-order chi connectivity index (χ0) is 16.2. The van der Waals surface area contributed by atoms with Gasteiger partial charge >= 0.3 is 0 Å². The molecular weight excluding hydrogens is 308 g/mol. The fourth-order valence-corrected chi connectivity index (χ4v) is 3.97. The summed E-state index contributed by atoms with van der Waals surface area (Å²) in [6.07, 6.45) is 0. The van der Waals surface area contributed by atoms with E-state index in [9.17, 15) is 4.79 Å². The van der Waals surface area contributed by atoms with Gasteiger partial charge in [-0.3, -0.25) is 9.69 Å². The monoisotopic (exact) mass is 330 g/mol. The number of aromatic nitrogens is 1. The van der Waals surface area contributed by atoms with Crippen molar-refractivity contribution in [3.05, 3.63) is 47.0 Å². The van der Waals surface area contributed by atoms with E-state index in [1.807, 2.05) is 11.4 Å². The molecule has 122 valence electrons. The summed E-state index contributed by atoms with van der Waals surface area (Å²) in [4.78, 5) is 18.0. The molecule has 0 bridgehead atoms. The highest BCUT2D eigenvalue weighted by atomic mass is 32.1. The van der Waals surface area contributed by atoms with E-state index in [1.165, 1.54) is 23.8 Å². The molecule has 1 fully saturated rings. The molecule has 3 N–H and O–H groups in total. The van der Waals surface area contributed by atoms with Crippen molar-refractivity contribution in [2.75, 3.05) is 25.0 Å². The van der Waals surface area contributed by atoms with Crippen LogP contribution in [0.1, 0.15) is 24.1 Å². The van der Waals surface area contributed by atoms with E-state index >= 15 is 0 Å². The smallest absolute Gasteiger partial charge is 0.223 e. The van der Waals surface area contributed by atoms with E-state index in [0.29, 0.717) is 23.5 Å². The highest BCUT2D eigenvalue weighted by Gasteiger charge is 2.32. The molecule has 0 saturated carbocycles. The second-order valence-electron chi connectivity index (χ2n) is 6.03. The molecule has 1 aliphatic heterocycles. The van der Waals surface area contributed by atoms with Crippen molar-refractivity contribution in [2.45, 2.75) is 19.4 Å². The van der Waals surface area contributed by atoms with E-state index < -0.39 is 0 Å². The highest BCUT2D eigenvalue weighted by Crippen LogP contribution is 2.33. The molecule has 3 rings (SSSR count). The Bertz CT molecular complexity index is 658. The average Bonchev–Trinajstić information content (AvgIpc) is 3.14. The van der Waals surface area contributed by atoms with Crippen LogP contribution < -0.4 is 11.1 Å². The zero-order valence-corrected chi connectivity index (χ0v) is 14.1. The Morgan fingerprint density at radius 2 is 2.17 bits per heavy atom. The van der Waals surface area contributed by atoms with Gasteiger partial charge in [-0.15, -0.1) is 11.3 Å². The maximum atomic E-state index is 11.1. The lowest BCUT2D eigenvalue weighted by Crippen LogP contribution is -2.23. The number of hydrogen-bond donors (Lipinski definition) is 2. The highest BCUT2D eigenvalue weighted by molar-refractivity contribution is 7.13. The first-order valence-corrected chi connectivity index (χ1v) is 8.73. The fraction of sp³-hybridized carbons (Fsp3) is 0.412. The van der Waals surface area contributed by atoms with Gasteiger partial charge in [-0.05, 0) is 18.0 Å². The van der Waals surface area contributed by atoms with Gasteiger partial charge in [0.05, 0.1) is 5.69 Å². The normalized spacial score (nSPS) is 21.5. The minimum Gasteiger partial charge on any atom is -0.330 e. The molecule has 1 aromatic heterocycles. The Hall–Kier alpha value is -1.76. The minimum absolute atomic E-state index is 0.0839. The van der Waals surface area contributed by atoms with E-state index in [-0.39, 0.29) is 5.91 Å². The van der Waals surface area contributed by atoms with Crippen molar-refractivity contribution in [3.63, 3.8) is 0 Å². The molecule has 2 atom stereocenters. The van der Waals surface area contributed by atoms with E-state index in [0.717, 1.165) is 25.3 Å². The topological polar surface area (TPSA) is 71.2 Å². The van der Waals surface area contributed by atoms with E-state index in [2.05, 4.69) is 39.5 Å². The van der Waals surface area contributed by atoms with Gasteiger partial charge in [0.25, 0.3) is 0 Å². The van der Waals surface area contributed by atoms with Crippen LogP contribution in [-0.4, -0.2) is 35.4 Å². The van der Waals surface area contributed by atoms with Crippen molar-refractivity contribution in [3.8, 4) is 0 Å². The molecule has 0 aliphatic carbocycles. The first-order chi connectivity index (χ1) is 11.2. The molecule has 1 aliphatic rings. The predicted molar refractivity (Wildman–Crippen MR) is 93.4 cm³/mol. The number of likely N-dealkylation sites (tertiary alicyclic amines) is 1. The Labute approximate surface area is 140 Å². The van der Waals surface area contributed by atoms with Crippen LogP contribution in [0.2, 0.25) is 0 Å². The van der Waals surface area contributed by atoms with Crippen LogP contribution in [0.25, 0.3) is 0 Å². The zero-order valence-electron chi connectivity index (χ0n) is 13.2. The number of amides is 1. The summed E-state index contributed by atoms with van der Waals surface area (Å²) >= 11 is 1.47. The van der Waals surface area contributed by atoms with Gasteiger partial charge in [0, 0.05) is 37.9 Å². The van der Waals surface area contributed by atoms with Gasteiger partial charge in [0.1, 0.15) is 0 Å². The summed E-state index contributed by atoms with van der Waals surface area (Å²) in [6.45, 7) is 4.99. The summed E-state index contributed by atoms with van der Waals surface area (Å²) in [5.74, 6) is 0.875. The number of thiazole rings is 1. The molecule has 6 heteroatoms.